The van der Waals surface area contributed by atoms with Gasteiger partial charge in [0, 0.05) is 29.4 Å². The van der Waals surface area contributed by atoms with Crippen molar-refractivity contribution in [3.63, 3.8) is 0 Å². The molecule has 0 aliphatic rings. The zero-order valence-corrected chi connectivity index (χ0v) is 15.4. The Labute approximate surface area is 165 Å². The monoisotopic (exact) mass is 403 g/mol. The summed E-state index contributed by atoms with van der Waals surface area (Å²) in [6.07, 6.45) is -0.432. The summed E-state index contributed by atoms with van der Waals surface area (Å²) in [5.74, 6) is -2.34. The highest BCUT2D eigenvalue weighted by molar-refractivity contribution is 5.94. The lowest BCUT2D eigenvalue weighted by molar-refractivity contribution is -0.385. The van der Waals surface area contributed by atoms with Gasteiger partial charge in [0.1, 0.15) is 5.82 Å². The van der Waals surface area contributed by atoms with Crippen molar-refractivity contribution in [1.82, 2.24) is 0 Å². The second-order valence-electron chi connectivity index (χ2n) is 6.02. The van der Waals surface area contributed by atoms with E-state index in [4.69, 9.17) is 4.74 Å². The Morgan fingerprint density at radius 3 is 2.28 bits per heavy atom. The van der Waals surface area contributed by atoms with Crippen LogP contribution in [0, 0.1) is 22.9 Å². The van der Waals surface area contributed by atoms with Gasteiger partial charge in [-0.2, -0.15) is 0 Å². The fourth-order valence-corrected chi connectivity index (χ4v) is 2.27. The number of hydrogen-bond acceptors (Lipinski definition) is 6. The number of benzene rings is 2. The number of nitro groups is 1. The van der Waals surface area contributed by atoms with Crippen molar-refractivity contribution in [2.24, 2.45) is 0 Å². The summed E-state index contributed by atoms with van der Waals surface area (Å²) in [5.41, 5.74) is 0.878. The van der Waals surface area contributed by atoms with E-state index in [1.807, 2.05) is 0 Å². The van der Waals surface area contributed by atoms with Crippen molar-refractivity contribution < 1.29 is 28.4 Å². The first-order chi connectivity index (χ1) is 13.7. The number of nitrogens with one attached hydrogen (secondary N) is 2. The van der Waals surface area contributed by atoms with Crippen molar-refractivity contribution in [3.8, 4) is 0 Å². The van der Waals surface area contributed by atoms with E-state index >= 15 is 0 Å². The van der Waals surface area contributed by atoms with E-state index in [9.17, 15) is 28.9 Å². The van der Waals surface area contributed by atoms with Crippen LogP contribution in [0.15, 0.2) is 42.5 Å². The molecule has 0 fully saturated rings. The van der Waals surface area contributed by atoms with Gasteiger partial charge in [-0.15, -0.1) is 0 Å². The van der Waals surface area contributed by atoms with Gasteiger partial charge in [0.15, 0.2) is 6.61 Å². The van der Waals surface area contributed by atoms with E-state index in [0.29, 0.717) is 11.3 Å². The fraction of sp³-hybridized carbons (Fsp3) is 0.211. The van der Waals surface area contributed by atoms with Crippen LogP contribution in [0.5, 0.6) is 0 Å². The number of nitrogens with zero attached hydrogens (tertiary/aromatic N) is 1. The van der Waals surface area contributed by atoms with Gasteiger partial charge in [-0.05, 0) is 37.3 Å². The number of rotatable bonds is 8. The molecule has 0 bridgehead atoms. The minimum absolute atomic E-state index is 0.146. The maximum absolute atomic E-state index is 12.8. The smallest absolute Gasteiger partial charge is 0.306 e. The van der Waals surface area contributed by atoms with Crippen LogP contribution in [0.4, 0.5) is 21.5 Å². The van der Waals surface area contributed by atoms with Crippen LogP contribution < -0.4 is 10.6 Å². The third-order valence-corrected chi connectivity index (χ3v) is 3.74. The van der Waals surface area contributed by atoms with E-state index in [1.165, 1.54) is 42.5 Å². The van der Waals surface area contributed by atoms with E-state index in [-0.39, 0.29) is 24.2 Å². The summed E-state index contributed by atoms with van der Waals surface area (Å²) in [6.45, 7) is 0.970. The molecule has 2 aromatic rings. The SMILES string of the molecule is Cc1ccc(NC(=O)COC(=O)CCC(=O)Nc2ccc(F)cc2)cc1[N+](=O)[O-]. The van der Waals surface area contributed by atoms with Crippen molar-refractivity contribution in [1.29, 1.82) is 0 Å². The molecule has 0 heterocycles. The molecule has 0 aliphatic heterocycles. The van der Waals surface area contributed by atoms with Gasteiger partial charge in [0.05, 0.1) is 11.3 Å². The normalized spacial score (nSPS) is 10.1. The van der Waals surface area contributed by atoms with Gasteiger partial charge in [0.2, 0.25) is 5.91 Å². The van der Waals surface area contributed by atoms with E-state index < -0.39 is 35.1 Å². The summed E-state index contributed by atoms with van der Waals surface area (Å²) in [7, 11) is 0. The lowest BCUT2D eigenvalue weighted by Gasteiger charge is -2.08. The van der Waals surface area contributed by atoms with Crippen LogP contribution in [-0.4, -0.2) is 29.3 Å². The van der Waals surface area contributed by atoms with Crippen LogP contribution in [0.2, 0.25) is 0 Å². The van der Waals surface area contributed by atoms with Crippen LogP contribution in [0.3, 0.4) is 0 Å². The number of esters is 1. The molecule has 0 unspecified atom stereocenters. The number of ether oxygens (including phenoxy) is 1. The summed E-state index contributed by atoms with van der Waals surface area (Å²) < 4.78 is 17.6. The number of hydrogen-bond donors (Lipinski definition) is 2. The average molecular weight is 403 g/mol. The summed E-state index contributed by atoms with van der Waals surface area (Å²) in [4.78, 5) is 45.6. The van der Waals surface area contributed by atoms with Crippen molar-refractivity contribution in [3.05, 3.63) is 64.0 Å². The molecule has 0 aromatic heterocycles. The Bertz CT molecular complexity index is 930. The Morgan fingerprint density at radius 2 is 1.62 bits per heavy atom. The molecule has 2 amide bonds. The number of aryl methyl sites for hydroxylation is 1. The zero-order valence-electron chi connectivity index (χ0n) is 15.4. The third kappa shape index (κ3) is 7.01. The fourth-order valence-electron chi connectivity index (χ4n) is 2.27. The predicted octanol–water partition coefficient (Wildman–Crippen LogP) is 2.94. The van der Waals surface area contributed by atoms with Crippen LogP contribution >= 0.6 is 0 Å². The molecule has 2 rings (SSSR count). The molecule has 9 nitrogen and oxygen atoms in total. The molecular formula is C19H18FN3O6. The van der Waals surface area contributed by atoms with Gasteiger partial charge in [0.25, 0.3) is 11.6 Å². The van der Waals surface area contributed by atoms with Gasteiger partial charge in [-0.3, -0.25) is 24.5 Å². The first-order valence-corrected chi connectivity index (χ1v) is 8.50. The van der Waals surface area contributed by atoms with E-state index in [1.54, 1.807) is 6.92 Å². The van der Waals surface area contributed by atoms with Gasteiger partial charge in [-0.1, -0.05) is 6.07 Å². The first kappa shape index (κ1) is 21.5. The molecule has 2 aromatic carbocycles. The molecule has 0 atom stereocenters. The Balaban J connectivity index is 1.73. The van der Waals surface area contributed by atoms with Crippen molar-refractivity contribution in [2.45, 2.75) is 19.8 Å². The topological polar surface area (TPSA) is 128 Å². The number of halogens is 1. The van der Waals surface area contributed by atoms with Gasteiger partial charge < -0.3 is 15.4 Å². The molecule has 0 aliphatic carbocycles. The summed E-state index contributed by atoms with van der Waals surface area (Å²) >= 11 is 0. The van der Waals surface area contributed by atoms with Crippen LogP contribution in [0.1, 0.15) is 18.4 Å². The number of amides is 2. The highest BCUT2D eigenvalue weighted by Crippen LogP contribution is 2.22. The number of nitro benzene ring substituents is 1. The molecular weight excluding hydrogens is 385 g/mol. The van der Waals surface area contributed by atoms with Crippen molar-refractivity contribution >= 4 is 34.8 Å². The first-order valence-electron chi connectivity index (χ1n) is 8.50. The number of anilines is 2. The van der Waals surface area contributed by atoms with Gasteiger partial charge >= 0.3 is 5.97 Å². The lowest BCUT2D eigenvalue weighted by Crippen LogP contribution is -2.21. The Morgan fingerprint density at radius 1 is 1.00 bits per heavy atom. The molecule has 0 saturated carbocycles. The highest BCUT2D eigenvalue weighted by atomic mass is 19.1. The predicted molar refractivity (Wildman–Crippen MR) is 102 cm³/mol. The average Bonchev–Trinajstić information content (AvgIpc) is 2.68. The molecule has 2 N–H and O–H groups in total. The zero-order chi connectivity index (χ0) is 21.4. The molecule has 0 saturated heterocycles. The summed E-state index contributed by atoms with van der Waals surface area (Å²) in [5, 5.41) is 15.8. The van der Waals surface area contributed by atoms with Crippen molar-refractivity contribution in [2.75, 3.05) is 17.2 Å². The number of carbonyl (C=O) groups excluding carboxylic acids is 3. The molecule has 29 heavy (non-hydrogen) atoms. The van der Waals surface area contributed by atoms with Crippen LogP contribution in [0.25, 0.3) is 0 Å². The highest BCUT2D eigenvalue weighted by Gasteiger charge is 2.14. The molecule has 152 valence electrons. The van der Waals surface area contributed by atoms with E-state index in [2.05, 4.69) is 10.6 Å². The van der Waals surface area contributed by atoms with E-state index in [0.717, 1.165) is 0 Å². The minimum Gasteiger partial charge on any atom is -0.456 e. The quantitative estimate of drug-likeness (QED) is 0.396. The van der Waals surface area contributed by atoms with Gasteiger partial charge in [-0.25, -0.2) is 4.39 Å². The minimum atomic E-state index is -0.760. The Kier molecular flexibility index (Phi) is 7.35. The largest absolute Gasteiger partial charge is 0.456 e. The van der Waals surface area contributed by atoms with Crippen LogP contribution in [-0.2, 0) is 19.1 Å². The Hall–Kier alpha value is -3.82. The summed E-state index contributed by atoms with van der Waals surface area (Å²) in [6, 6.07) is 9.31. The maximum Gasteiger partial charge on any atom is 0.306 e. The third-order valence-electron chi connectivity index (χ3n) is 3.74. The molecule has 10 heteroatoms. The standard InChI is InChI=1S/C19H18FN3O6/c1-12-2-5-15(10-16(12)23(27)28)22-18(25)11-29-19(26)9-8-17(24)21-14-6-3-13(20)4-7-14/h2-7,10H,8-9,11H2,1H3,(H,21,24)(H,22,25). The molecule has 0 spiro atoms. The second-order valence-corrected chi connectivity index (χ2v) is 6.02. The maximum atomic E-state index is 12.8. The number of carbonyl (C=O) groups is 3. The molecule has 0 radical (unpaired) electrons. The lowest BCUT2D eigenvalue weighted by atomic mass is 10.2. The second kappa shape index (κ2) is 9.93.